The molecule has 0 aliphatic rings. The number of carboxylic acids is 1. The fourth-order valence-corrected chi connectivity index (χ4v) is 3.45. The van der Waals surface area contributed by atoms with Crippen LogP contribution in [0.2, 0.25) is 0 Å². The van der Waals surface area contributed by atoms with Crippen LogP contribution in [0, 0.1) is 6.92 Å². The van der Waals surface area contributed by atoms with Gasteiger partial charge < -0.3 is 19.5 Å². The minimum atomic E-state index is -5.97. The van der Waals surface area contributed by atoms with E-state index >= 15 is 0 Å². The molecule has 0 atom stereocenters. The van der Waals surface area contributed by atoms with Crippen LogP contribution >= 0.6 is 0 Å². The molecule has 188 valence electrons. The lowest BCUT2D eigenvalue weighted by atomic mass is 9.92. The standard InChI is InChI=1S/C23H20F6N2O4/c1-3-31(17-9-7-16(8-10-17)21(34,22(24,25)26)23(27,28)29)12-18-13(2)35-19(30-18)14-5-4-6-15(11-14)20(32)33/h4-11,34H,3,12H2,1-2H3,(H,32,33). The van der Waals surface area contributed by atoms with Gasteiger partial charge in [-0.05, 0) is 44.2 Å². The number of aromatic carboxylic acids is 1. The maximum atomic E-state index is 13.1. The van der Waals surface area contributed by atoms with Gasteiger partial charge in [0.2, 0.25) is 5.89 Å². The van der Waals surface area contributed by atoms with E-state index in [1.807, 2.05) is 0 Å². The Hall–Kier alpha value is -3.54. The largest absolute Gasteiger partial charge is 0.478 e. The van der Waals surface area contributed by atoms with Crippen LogP contribution in [0.5, 0.6) is 0 Å². The molecule has 0 fully saturated rings. The Kier molecular flexibility index (Phi) is 6.89. The minimum absolute atomic E-state index is 0.0350. The predicted octanol–water partition coefficient (Wildman–Crippen LogP) is 5.69. The molecule has 0 amide bonds. The smallest absolute Gasteiger partial charge is 0.430 e. The summed E-state index contributed by atoms with van der Waals surface area (Å²) in [5.74, 6) is -0.564. The number of aliphatic hydroxyl groups is 1. The lowest BCUT2D eigenvalue weighted by molar-refractivity contribution is -0.376. The lowest BCUT2D eigenvalue weighted by Gasteiger charge is -2.33. The van der Waals surface area contributed by atoms with Gasteiger partial charge in [0.05, 0.1) is 12.1 Å². The molecule has 3 aromatic rings. The van der Waals surface area contributed by atoms with Crippen molar-refractivity contribution >= 4 is 11.7 Å². The van der Waals surface area contributed by atoms with Crippen molar-refractivity contribution in [2.45, 2.75) is 38.3 Å². The van der Waals surface area contributed by atoms with Crippen molar-refractivity contribution in [3.63, 3.8) is 0 Å². The van der Waals surface area contributed by atoms with Crippen molar-refractivity contribution in [3.8, 4) is 11.5 Å². The van der Waals surface area contributed by atoms with Crippen LogP contribution in [0.25, 0.3) is 11.5 Å². The van der Waals surface area contributed by atoms with Gasteiger partial charge in [0.15, 0.2) is 0 Å². The third-order valence-electron chi connectivity index (χ3n) is 5.44. The van der Waals surface area contributed by atoms with Crippen LogP contribution in [0.15, 0.2) is 52.9 Å². The molecule has 0 spiro atoms. The fraction of sp³-hybridized carbons (Fsp3) is 0.304. The number of hydrogen-bond donors (Lipinski definition) is 2. The van der Waals surface area contributed by atoms with Crippen molar-refractivity contribution < 1.29 is 45.8 Å². The monoisotopic (exact) mass is 502 g/mol. The number of hydrogen-bond acceptors (Lipinski definition) is 5. The van der Waals surface area contributed by atoms with E-state index in [0.717, 1.165) is 12.1 Å². The zero-order chi connectivity index (χ0) is 26.2. The van der Waals surface area contributed by atoms with E-state index in [9.17, 15) is 36.2 Å². The Morgan fingerprint density at radius 2 is 1.63 bits per heavy atom. The summed E-state index contributed by atoms with van der Waals surface area (Å²) in [7, 11) is 0. The number of oxazole rings is 1. The Morgan fingerprint density at radius 1 is 1.03 bits per heavy atom. The van der Waals surface area contributed by atoms with E-state index in [2.05, 4.69) is 4.98 Å². The summed E-state index contributed by atoms with van der Waals surface area (Å²) in [5.41, 5.74) is -5.17. The predicted molar refractivity (Wildman–Crippen MR) is 113 cm³/mol. The number of anilines is 1. The van der Waals surface area contributed by atoms with Crippen LogP contribution in [-0.2, 0) is 12.1 Å². The highest BCUT2D eigenvalue weighted by molar-refractivity contribution is 5.89. The average molecular weight is 502 g/mol. The molecule has 6 nitrogen and oxygen atoms in total. The first-order valence-electron chi connectivity index (χ1n) is 10.2. The molecule has 0 bridgehead atoms. The number of nitrogens with zero attached hydrogens (tertiary/aromatic N) is 2. The second-order valence-corrected chi connectivity index (χ2v) is 7.67. The summed E-state index contributed by atoms with van der Waals surface area (Å²) in [6, 6.07) is 9.19. The number of carboxylic acid groups (broad SMARTS) is 1. The second-order valence-electron chi connectivity index (χ2n) is 7.67. The first-order valence-corrected chi connectivity index (χ1v) is 10.2. The topological polar surface area (TPSA) is 86.8 Å². The summed E-state index contributed by atoms with van der Waals surface area (Å²) in [4.78, 5) is 17.2. The van der Waals surface area contributed by atoms with Crippen molar-refractivity contribution in [1.82, 2.24) is 4.98 Å². The van der Waals surface area contributed by atoms with Crippen LogP contribution in [0.1, 0.15) is 34.3 Å². The van der Waals surface area contributed by atoms with Gasteiger partial charge in [-0.25, -0.2) is 9.78 Å². The lowest BCUT2D eigenvalue weighted by Crippen LogP contribution is -2.53. The molecule has 0 unspecified atom stereocenters. The van der Waals surface area contributed by atoms with E-state index in [1.165, 1.54) is 18.2 Å². The van der Waals surface area contributed by atoms with Gasteiger partial charge in [-0.3, -0.25) is 0 Å². The van der Waals surface area contributed by atoms with E-state index in [1.54, 1.807) is 24.8 Å². The highest BCUT2D eigenvalue weighted by Gasteiger charge is 2.71. The fourth-order valence-electron chi connectivity index (χ4n) is 3.45. The molecule has 0 aliphatic carbocycles. The Morgan fingerprint density at radius 3 is 2.14 bits per heavy atom. The molecule has 3 rings (SSSR count). The van der Waals surface area contributed by atoms with Crippen molar-refractivity contribution in [2.24, 2.45) is 0 Å². The van der Waals surface area contributed by atoms with Crippen molar-refractivity contribution in [2.75, 3.05) is 11.4 Å². The van der Waals surface area contributed by atoms with Gasteiger partial charge in [-0.15, -0.1) is 0 Å². The van der Waals surface area contributed by atoms with E-state index in [4.69, 9.17) is 9.52 Å². The molecule has 0 saturated carbocycles. The normalized spacial score (nSPS) is 12.6. The summed E-state index contributed by atoms with van der Waals surface area (Å²) < 4.78 is 84.4. The van der Waals surface area contributed by atoms with E-state index in [0.29, 0.717) is 41.4 Å². The van der Waals surface area contributed by atoms with E-state index < -0.39 is 29.5 Å². The van der Waals surface area contributed by atoms with Gasteiger partial charge in [0.1, 0.15) is 11.5 Å². The molecule has 0 aliphatic heterocycles. The van der Waals surface area contributed by atoms with Gasteiger partial charge in [0.25, 0.3) is 5.60 Å². The van der Waals surface area contributed by atoms with Crippen LogP contribution in [0.3, 0.4) is 0 Å². The molecule has 0 radical (unpaired) electrons. The molecule has 1 heterocycles. The third-order valence-corrected chi connectivity index (χ3v) is 5.44. The summed E-state index contributed by atoms with van der Waals surface area (Å²) in [5, 5.41) is 18.7. The van der Waals surface area contributed by atoms with E-state index in [-0.39, 0.29) is 18.0 Å². The SMILES string of the molecule is CCN(Cc1nc(-c2cccc(C(=O)O)c2)oc1C)c1ccc(C(O)(C(F)(F)F)C(F)(F)F)cc1. The second kappa shape index (κ2) is 9.25. The quantitative estimate of drug-likeness (QED) is 0.404. The highest BCUT2D eigenvalue weighted by Crippen LogP contribution is 2.50. The van der Waals surface area contributed by atoms with Crippen LogP contribution in [-0.4, -0.2) is 40.1 Å². The zero-order valence-electron chi connectivity index (χ0n) is 18.4. The number of halogens is 6. The summed E-state index contributed by atoms with van der Waals surface area (Å²) in [6.45, 7) is 3.77. The number of aromatic nitrogens is 1. The summed E-state index contributed by atoms with van der Waals surface area (Å²) >= 11 is 0. The molecular weight excluding hydrogens is 482 g/mol. The first-order chi connectivity index (χ1) is 16.2. The van der Waals surface area contributed by atoms with Crippen molar-refractivity contribution in [1.29, 1.82) is 0 Å². The molecular formula is C23H20F6N2O4. The Balaban J connectivity index is 1.88. The maximum absolute atomic E-state index is 13.1. The molecule has 1 aromatic heterocycles. The number of rotatable bonds is 7. The zero-order valence-corrected chi connectivity index (χ0v) is 18.4. The molecule has 12 heteroatoms. The van der Waals surface area contributed by atoms with Gasteiger partial charge in [-0.1, -0.05) is 18.2 Å². The first kappa shape index (κ1) is 26.1. The number of carbonyl (C=O) groups is 1. The third kappa shape index (κ3) is 4.97. The Bertz CT molecular complexity index is 1190. The van der Waals surface area contributed by atoms with Gasteiger partial charge in [-0.2, -0.15) is 26.3 Å². The molecule has 2 N–H and O–H groups in total. The number of aryl methyl sites for hydroxylation is 1. The molecule has 2 aromatic carbocycles. The summed E-state index contributed by atoms with van der Waals surface area (Å²) in [6.07, 6.45) is -11.9. The number of alkyl halides is 6. The number of benzene rings is 2. The molecule has 35 heavy (non-hydrogen) atoms. The van der Waals surface area contributed by atoms with Crippen LogP contribution in [0.4, 0.5) is 32.0 Å². The average Bonchev–Trinajstić information content (AvgIpc) is 3.15. The molecule has 0 saturated heterocycles. The Labute approximate surface area is 195 Å². The highest BCUT2D eigenvalue weighted by atomic mass is 19.4. The van der Waals surface area contributed by atoms with Gasteiger partial charge in [0, 0.05) is 23.4 Å². The van der Waals surface area contributed by atoms with Crippen molar-refractivity contribution in [3.05, 3.63) is 71.1 Å². The minimum Gasteiger partial charge on any atom is -0.478 e. The van der Waals surface area contributed by atoms with Crippen LogP contribution < -0.4 is 4.90 Å². The van der Waals surface area contributed by atoms with Gasteiger partial charge >= 0.3 is 18.3 Å². The maximum Gasteiger partial charge on any atom is 0.430 e.